The molecule has 0 amide bonds. The average molecular weight is 270 g/mol. The standard InChI is InChI=1S/C12H18N2O3S/c1-8-2-4-9(5-3-8)12-13-10(17-14-12)6-18-7-11(15)16/h8-9H,2-7H2,1H3,(H,15,16). The molecule has 1 aromatic heterocycles. The fourth-order valence-electron chi connectivity index (χ4n) is 2.24. The van der Waals surface area contributed by atoms with Crippen LogP contribution >= 0.6 is 11.8 Å². The monoisotopic (exact) mass is 270 g/mol. The van der Waals surface area contributed by atoms with E-state index < -0.39 is 5.97 Å². The molecule has 0 aliphatic heterocycles. The van der Waals surface area contributed by atoms with Crippen molar-refractivity contribution in [2.75, 3.05) is 5.75 Å². The number of thioether (sulfide) groups is 1. The first kappa shape index (κ1) is 13.4. The summed E-state index contributed by atoms with van der Waals surface area (Å²) < 4.78 is 5.15. The van der Waals surface area contributed by atoms with E-state index >= 15 is 0 Å². The number of carboxylic acid groups (broad SMARTS) is 1. The van der Waals surface area contributed by atoms with Gasteiger partial charge in [-0.3, -0.25) is 4.79 Å². The van der Waals surface area contributed by atoms with Crippen LogP contribution in [-0.2, 0) is 10.5 Å². The van der Waals surface area contributed by atoms with Crippen molar-refractivity contribution in [1.82, 2.24) is 10.1 Å². The molecule has 1 N–H and O–H groups in total. The van der Waals surface area contributed by atoms with Crippen LogP contribution in [0.2, 0.25) is 0 Å². The van der Waals surface area contributed by atoms with Gasteiger partial charge in [-0.2, -0.15) is 4.98 Å². The number of hydrogen-bond acceptors (Lipinski definition) is 5. The first-order valence-electron chi connectivity index (χ1n) is 6.27. The van der Waals surface area contributed by atoms with Crippen LogP contribution in [0.25, 0.3) is 0 Å². The zero-order chi connectivity index (χ0) is 13.0. The van der Waals surface area contributed by atoms with E-state index in [4.69, 9.17) is 9.63 Å². The van der Waals surface area contributed by atoms with Crippen molar-refractivity contribution >= 4 is 17.7 Å². The quantitative estimate of drug-likeness (QED) is 0.886. The van der Waals surface area contributed by atoms with Crippen LogP contribution < -0.4 is 0 Å². The Balaban J connectivity index is 1.84. The molecule has 6 heteroatoms. The molecule has 0 radical (unpaired) electrons. The summed E-state index contributed by atoms with van der Waals surface area (Å²) in [6.45, 7) is 2.28. The van der Waals surface area contributed by atoms with Gasteiger partial charge in [-0.05, 0) is 18.8 Å². The van der Waals surface area contributed by atoms with Gasteiger partial charge in [-0.1, -0.05) is 24.9 Å². The maximum absolute atomic E-state index is 10.4. The molecule has 2 rings (SSSR count). The fraction of sp³-hybridized carbons (Fsp3) is 0.750. The minimum Gasteiger partial charge on any atom is -0.481 e. The predicted molar refractivity (Wildman–Crippen MR) is 68.5 cm³/mol. The molecule has 0 atom stereocenters. The molecule has 100 valence electrons. The van der Waals surface area contributed by atoms with Crippen LogP contribution in [0.5, 0.6) is 0 Å². The highest BCUT2D eigenvalue weighted by Gasteiger charge is 2.23. The third kappa shape index (κ3) is 3.73. The van der Waals surface area contributed by atoms with E-state index in [0.717, 1.165) is 24.6 Å². The number of aliphatic carboxylic acids is 1. The summed E-state index contributed by atoms with van der Waals surface area (Å²) >= 11 is 1.28. The second-order valence-corrected chi connectivity index (χ2v) is 5.88. The molecule has 1 aliphatic carbocycles. The Kier molecular flexibility index (Phi) is 4.63. The van der Waals surface area contributed by atoms with Gasteiger partial charge in [-0.15, -0.1) is 11.8 Å². The molecule has 0 aromatic carbocycles. The highest BCUT2D eigenvalue weighted by Crippen LogP contribution is 2.34. The maximum atomic E-state index is 10.4. The molecule has 1 heterocycles. The summed E-state index contributed by atoms with van der Waals surface area (Å²) in [6, 6.07) is 0. The Morgan fingerprint density at radius 1 is 1.44 bits per heavy atom. The van der Waals surface area contributed by atoms with Gasteiger partial charge in [0.1, 0.15) is 0 Å². The molecule has 18 heavy (non-hydrogen) atoms. The van der Waals surface area contributed by atoms with Crippen molar-refractivity contribution in [3.05, 3.63) is 11.7 Å². The van der Waals surface area contributed by atoms with Crippen molar-refractivity contribution in [3.63, 3.8) is 0 Å². The first-order chi connectivity index (χ1) is 8.65. The molecule has 1 aliphatic rings. The number of aromatic nitrogens is 2. The van der Waals surface area contributed by atoms with Crippen LogP contribution in [-0.4, -0.2) is 27.0 Å². The van der Waals surface area contributed by atoms with Crippen LogP contribution in [0.3, 0.4) is 0 Å². The average Bonchev–Trinajstić information content (AvgIpc) is 2.78. The fourth-order valence-corrected chi connectivity index (χ4v) is 2.80. The lowest BCUT2D eigenvalue weighted by Gasteiger charge is -2.23. The molecule has 0 bridgehead atoms. The van der Waals surface area contributed by atoms with Crippen molar-refractivity contribution in [3.8, 4) is 0 Å². The second kappa shape index (κ2) is 6.22. The summed E-state index contributed by atoms with van der Waals surface area (Å²) in [4.78, 5) is 14.7. The maximum Gasteiger partial charge on any atom is 0.313 e. The van der Waals surface area contributed by atoms with E-state index in [1.807, 2.05) is 0 Å². The zero-order valence-electron chi connectivity index (χ0n) is 10.5. The molecule has 0 spiro atoms. The van der Waals surface area contributed by atoms with E-state index in [1.54, 1.807) is 0 Å². The Labute approximate surface area is 110 Å². The molecule has 0 unspecified atom stereocenters. The molecular weight excluding hydrogens is 252 g/mol. The van der Waals surface area contributed by atoms with Crippen molar-refractivity contribution in [1.29, 1.82) is 0 Å². The van der Waals surface area contributed by atoms with E-state index in [0.29, 0.717) is 17.6 Å². The zero-order valence-corrected chi connectivity index (χ0v) is 11.3. The lowest BCUT2D eigenvalue weighted by Crippen LogP contribution is -2.12. The minimum absolute atomic E-state index is 0.0681. The van der Waals surface area contributed by atoms with Crippen LogP contribution in [0.15, 0.2) is 4.52 Å². The number of hydrogen-bond donors (Lipinski definition) is 1. The van der Waals surface area contributed by atoms with Gasteiger partial charge in [-0.25, -0.2) is 0 Å². The highest BCUT2D eigenvalue weighted by atomic mass is 32.2. The Morgan fingerprint density at radius 2 is 2.17 bits per heavy atom. The molecule has 1 saturated carbocycles. The summed E-state index contributed by atoms with van der Waals surface area (Å²) in [5.74, 6) is 2.28. The van der Waals surface area contributed by atoms with Gasteiger partial charge in [0.25, 0.3) is 0 Å². The summed E-state index contributed by atoms with van der Waals surface area (Å²) in [5.41, 5.74) is 0. The molecule has 1 aromatic rings. The molecule has 1 fully saturated rings. The van der Waals surface area contributed by atoms with E-state index in [9.17, 15) is 4.79 Å². The second-order valence-electron chi connectivity index (χ2n) is 4.89. The molecular formula is C12H18N2O3S. The normalized spacial score (nSPS) is 24.1. The summed E-state index contributed by atoms with van der Waals surface area (Å²) in [7, 11) is 0. The number of carbonyl (C=O) groups is 1. The number of carboxylic acids is 1. The van der Waals surface area contributed by atoms with Gasteiger partial charge in [0.2, 0.25) is 5.89 Å². The third-order valence-corrected chi connectivity index (χ3v) is 4.22. The Hall–Kier alpha value is -1.04. The van der Waals surface area contributed by atoms with Gasteiger partial charge >= 0.3 is 5.97 Å². The van der Waals surface area contributed by atoms with E-state index in [2.05, 4.69) is 17.1 Å². The number of nitrogens with zero attached hydrogens (tertiary/aromatic N) is 2. The smallest absolute Gasteiger partial charge is 0.313 e. The predicted octanol–water partition coefficient (Wildman–Crippen LogP) is 2.68. The summed E-state index contributed by atoms with van der Waals surface area (Å²) in [6.07, 6.45) is 4.70. The first-order valence-corrected chi connectivity index (χ1v) is 7.42. The largest absolute Gasteiger partial charge is 0.481 e. The summed E-state index contributed by atoms with van der Waals surface area (Å²) in [5, 5.41) is 12.6. The molecule has 0 saturated heterocycles. The van der Waals surface area contributed by atoms with Crippen LogP contribution in [0, 0.1) is 5.92 Å². The van der Waals surface area contributed by atoms with E-state index in [-0.39, 0.29) is 5.75 Å². The highest BCUT2D eigenvalue weighted by molar-refractivity contribution is 7.99. The Morgan fingerprint density at radius 3 is 2.83 bits per heavy atom. The minimum atomic E-state index is -0.819. The van der Waals surface area contributed by atoms with Gasteiger partial charge in [0, 0.05) is 5.92 Å². The lowest BCUT2D eigenvalue weighted by atomic mass is 9.83. The van der Waals surface area contributed by atoms with Crippen LogP contribution in [0.4, 0.5) is 0 Å². The number of rotatable bonds is 5. The SMILES string of the molecule is CC1CCC(c2noc(CSCC(=O)O)n2)CC1. The van der Waals surface area contributed by atoms with Crippen molar-refractivity contribution < 1.29 is 14.4 Å². The lowest BCUT2D eigenvalue weighted by molar-refractivity contribution is -0.133. The van der Waals surface area contributed by atoms with E-state index in [1.165, 1.54) is 24.6 Å². The van der Waals surface area contributed by atoms with Gasteiger partial charge in [0.05, 0.1) is 11.5 Å². The molecule has 5 nitrogen and oxygen atoms in total. The van der Waals surface area contributed by atoms with Crippen molar-refractivity contribution in [2.24, 2.45) is 5.92 Å². The Bertz CT molecular complexity index is 400. The van der Waals surface area contributed by atoms with Gasteiger partial charge in [0.15, 0.2) is 5.82 Å². The van der Waals surface area contributed by atoms with Crippen LogP contribution in [0.1, 0.15) is 50.2 Å². The topological polar surface area (TPSA) is 76.2 Å². The van der Waals surface area contributed by atoms with Crippen molar-refractivity contribution in [2.45, 2.75) is 44.3 Å². The van der Waals surface area contributed by atoms with Gasteiger partial charge < -0.3 is 9.63 Å². The third-order valence-electron chi connectivity index (χ3n) is 3.32.